The highest BCUT2D eigenvalue weighted by Gasteiger charge is 2.22. The minimum Gasteiger partial charge on any atom is -0.348 e. The lowest BCUT2D eigenvalue weighted by atomic mass is 9.95. The van der Waals surface area contributed by atoms with Gasteiger partial charge in [0.25, 0.3) is 5.91 Å². The molecule has 0 radical (unpaired) electrons. The maximum Gasteiger partial charge on any atom is 0.270 e. The van der Waals surface area contributed by atoms with Crippen LogP contribution >= 0.6 is 23.2 Å². The van der Waals surface area contributed by atoms with Crippen molar-refractivity contribution in [3.8, 4) is 16.9 Å². The quantitative estimate of drug-likeness (QED) is 0.577. The Balaban J connectivity index is 1.73. The van der Waals surface area contributed by atoms with E-state index in [4.69, 9.17) is 23.2 Å². The largest absolute Gasteiger partial charge is 0.348 e. The molecule has 0 bridgehead atoms. The highest BCUT2D eigenvalue weighted by atomic mass is 35.5. The molecule has 1 amide bonds. The molecule has 1 saturated carbocycles. The molecule has 1 N–H and O–H groups in total. The minimum absolute atomic E-state index is 0.118. The first-order valence-electron chi connectivity index (χ1n) is 9.53. The summed E-state index contributed by atoms with van der Waals surface area (Å²) < 4.78 is 1.66. The number of nitrogens with zero attached hydrogens (tertiary/aromatic N) is 2. The summed E-state index contributed by atoms with van der Waals surface area (Å²) in [4.78, 5) is 13.1. The number of halogens is 2. The van der Waals surface area contributed by atoms with Gasteiger partial charge < -0.3 is 5.32 Å². The van der Waals surface area contributed by atoms with E-state index < -0.39 is 0 Å². The first kappa shape index (κ1) is 19.0. The third-order valence-electron chi connectivity index (χ3n) is 5.10. The molecule has 0 spiro atoms. The molecule has 144 valence electrons. The van der Waals surface area contributed by atoms with Crippen LogP contribution in [0.1, 0.15) is 42.6 Å². The van der Waals surface area contributed by atoms with Crippen molar-refractivity contribution in [2.45, 2.75) is 38.1 Å². The minimum atomic E-state index is -0.118. The summed E-state index contributed by atoms with van der Waals surface area (Å²) in [6.45, 7) is 0. The zero-order valence-electron chi connectivity index (χ0n) is 15.4. The summed E-state index contributed by atoms with van der Waals surface area (Å²) in [5.74, 6) is -0.118. The van der Waals surface area contributed by atoms with Crippen LogP contribution in [0.5, 0.6) is 0 Å². The zero-order chi connectivity index (χ0) is 19.5. The summed E-state index contributed by atoms with van der Waals surface area (Å²) in [5.41, 5.74) is 2.72. The van der Waals surface area contributed by atoms with E-state index in [9.17, 15) is 4.79 Å². The third kappa shape index (κ3) is 4.08. The standard InChI is InChI=1S/C22H21Cl2N3O/c23-15-10-12-17(13-11-15)27-21(22(28)25-16-6-2-1-3-7-16)14-20(26-27)18-8-4-5-9-19(18)24/h4-5,8-14,16H,1-3,6-7H2,(H,25,28). The molecule has 1 heterocycles. The number of carbonyl (C=O) groups excluding carboxylic acids is 1. The fraction of sp³-hybridized carbons (Fsp3) is 0.273. The smallest absolute Gasteiger partial charge is 0.270 e. The van der Waals surface area contributed by atoms with Crippen LogP contribution in [0.15, 0.2) is 54.6 Å². The second-order valence-electron chi connectivity index (χ2n) is 7.09. The number of aromatic nitrogens is 2. The lowest BCUT2D eigenvalue weighted by Crippen LogP contribution is -2.37. The van der Waals surface area contributed by atoms with Gasteiger partial charge in [0.1, 0.15) is 5.69 Å². The Bertz CT molecular complexity index is 976. The molecule has 3 aromatic rings. The molecular formula is C22H21Cl2N3O. The van der Waals surface area contributed by atoms with E-state index in [1.807, 2.05) is 36.4 Å². The van der Waals surface area contributed by atoms with Gasteiger partial charge in [-0.3, -0.25) is 4.79 Å². The third-order valence-corrected chi connectivity index (χ3v) is 5.68. The van der Waals surface area contributed by atoms with Crippen LogP contribution in [0.4, 0.5) is 0 Å². The van der Waals surface area contributed by atoms with Gasteiger partial charge in [0, 0.05) is 16.6 Å². The second kappa shape index (κ2) is 8.38. The van der Waals surface area contributed by atoms with Crippen molar-refractivity contribution in [1.29, 1.82) is 0 Å². The number of benzene rings is 2. The van der Waals surface area contributed by atoms with E-state index in [0.29, 0.717) is 21.4 Å². The summed E-state index contributed by atoms with van der Waals surface area (Å²) >= 11 is 12.4. The van der Waals surface area contributed by atoms with Crippen molar-refractivity contribution in [1.82, 2.24) is 15.1 Å². The van der Waals surface area contributed by atoms with Gasteiger partial charge in [-0.1, -0.05) is 60.7 Å². The highest BCUT2D eigenvalue weighted by molar-refractivity contribution is 6.33. The Morgan fingerprint density at radius 3 is 2.43 bits per heavy atom. The Hall–Kier alpha value is -2.30. The molecule has 1 aromatic heterocycles. The topological polar surface area (TPSA) is 46.9 Å². The molecule has 4 nitrogen and oxygen atoms in total. The summed E-state index contributed by atoms with van der Waals surface area (Å²) in [7, 11) is 0. The van der Waals surface area contributed by atoms with E-state index >= 15 is 0 Å². The fourth-order valence-corrected chi connectivity index (χ4v) is 3.99. The Labute approximate surface area is 174 Å². The van der Waals surface area contributed by atoms with Crippen molar-refractivity contribution < 1.29 is 4.79 Å². The van der Waals surface area contributed by atoms with Gasteiger partial charge in [-0.2, -0.15) is 5.10 Å². The number of amides is 1. The fourth-order valence-electron chi connectivity index (χ4n) is 3.63. The molecule has 1 aliphatic carbocycles. The molecular weight excluding hydrogens is 393 g/mol. The lowest BCUT2D eigenvalue weighted by Gasteiger charge is -2.22. The molecule has 0 saturated heterocycles. The number of hydrogen-bond acceptors (Lipinski definition) is 2. The van der Waals surface area contributed by atoms with Gasteiger partial charge in [-0.25, -0.2) is 4.68 Å². The molecule has 0 unspecified atom stereocenters. The van der Waals surface area contributed by atoms with Crippen LogP contribution in [-0.4, -0.2) is 21.7 Å². The SMILES string of the molecule is O=C(NC1CCCCC1)c1cc(-c2ccccc2Cl)nn1-c1ccc(Cl)cc1. The van der Waals surface area contributed by atoms with E-state index in [0.717, 1.165) is 36.9 Å². The van der Waals surface area contributed by atoms with E-state index in [1.165, 1.54) is 6.42 Å². The van der Waals surface area contributed by atoms with Crippen molar-refractivity contribution in [2.75, 3.05) is 0 Å². The van der Waals surface area contributed by atoms with Crippen LogP contribution in [0.2, 0.25) is 10.0 Å². The van der Waals surface area contributed by atoms with E-state index in [2.05, 4.69) is 10.4 Å². The molecule has 0 atom stereocenters. The molecule has 4 rings (SSSR count). The second-order valence-corrected chi connectivity index (χ2v) is 7.93. The van der Waals surface area contributed by atoms with Gasteiger partial charge in [0.15, 0.2) is 0 Å². The van der Waals surface area contributed by atoms with Crippen molar-refractivity contribution in [3.05, 3.63) is 70.3 Å². The summed E-state index contributed by atoms with van der Waals surface area (Å²) in [6, 6.07) is 16.8. The summed E-state index contributed by atoms with van der Waals surface area (Å²) in [6.07, 6.45) is 5.61. The Kier molecular flexibility index (Phi) is 5.69. The normalized spacial score (nSPS) is 14.8. The molecule has 6 heteroatoms. The van der Waals surface area contributed by atoms with E-state index in [1.54, 1.807) is 22.9 Å². The van der Waals surface area contributed by atoms with Gasteiger partial charge >= 0.3 is 0 Å². The van der Waals surface area contributed by atoms with Crippen LogP contribution in [0.3, 0.4) is 0 Å². The van der Waals surface area contributed by atoms with E-state index in [-0.39, 0.29) is 11.9 Å². The first-order valence-corrected chi connectivity index (χ1v) is 10.3. The van der Waals surface area contributed by atoms with Crippen LogP contribution in [-0.2, 0) is 0 Å². The lowest BCUT2D eigenvalue weighted by molar-refractivity contribution is 0.0920. The number of nitrogens with one attached hydrogen (secondary N) is 1. The van der Waals surface area contributed by atoms with Crippen molar-refractivity contribution in [2.24, 2.45) is 0 Å². The number of carbonyl (C=O) groups is 1. The van der Waals surface area contributed by atoms with Gasteiger partial charge in [0.05, 0.1) is 16.4 Å². The average molecular weight is 414 g/mol. The number of rotatable bonds is 4. The van der Waals surface area contributed by atoms with Gasteiger partial charge in [-0.05, 0) is 49.2 Å². The maximum absolute atomic E-state index is 13.1. The van der Waals surface area contributed by atoms with Crippen LogP contribution in [0, 0.1) is 0 Å². The summed E-state index contributed by atoms with van der Waals surface area (Å²) in [5, 5.41) is 9.10. The van der Waals surface area contributed by atoms with Crippen molar-refractivity contribution in [3.63, 3.8) is 0 Å². The van der Waals surface area contributed by atoms with Crippen LogP contribution in [0.25, 0.3) is 16.9 Å². The predicted molar refractivity (Wildman–Crippen MR) is 113 cm³/mol. The van der Waals surface area contributed by atoms with Crippen molar-refractivity contribution >= 4 is 29.1 Å². The molecule has 2 aromatic carbocycles. The monoisotopic (exact) mass is 413 g/mol. The maximum atomic E-state index is 13.1. The number of hydrogen-bond donors (Lipinski definition) is 1. The highest BCUT2D eigenvalue weighted by Crippen LogP contribution is 2.29. The first-order chi connectivity index (χ1) is 13.6. The predicted octanol–water partition coefficient (Wildman–Crippen LogP) is 5.91. The molecule has 0 aliphatic heterocycles. The van der Waals surface area contributed by atoms with Gasteiger partial charge in [0.2, 0.25) is 0 Å². The Morgan fingerprint density at radius 2 is 1.71 bits per heavy atom. The molecule has 28 heavy (non-hydrogen) atoms. The molecule has 1 aliphatic rings. The zero-order valence-corrected chi connectivity index (χ0v) is 16.9. The van der Waals surface area contributed by atoms with Gasteiger partial charge in [-0.15, -0.1) is 0 Å². The Morgan fingerprint density at radius 1 is 1.00 bits per heavy atom. The van der Waals surface area contributed by atoms with Crippen LogP contribution < -0.4 is 5.32 Å². The average Bonchev–Trinajstić information content (AvgIpc) is 3.15. The molecule has 1 fully saturated rings.